The molecule has 10 heteroatoms. The number of nitrogens with one attached hydrogen (secondary N) is 1. The molecule has 1 N–H and O–H groups in total. The molecule has 0 fully saturated rings. The van der Waals surface area contributed by atoms with Gasteiger partial charge in [-0.25, -0.2) is 0 Å². The minimum atomic E-state index is -4.70. The van der Waals surface area contributed by atoms with Crippen LogP contribution < -0.4 is 10.2 Å². The van der Waals surface area contributed by atoms with E-state index in [1.54, 1.807) is 0 Å². The molecule has 0 saturated heterocycles. The molecular formula is C70H133N2O7P. The van der Waals surface area contributed by atoms with Gasteiger partial charge in [0.2, 0.25) is 5.91 Å². The van der Waals surface area contributed by atoms with Crippen LogP contribution in [0, 0.1) is 0 Å². The van der Waals surface area contributed by atoms with Crippen molar-refractivity contribution < 1.29 is 37.3 Å². The fourth-order valence-corrected chi connectivity index (χ4v) is 10.9. The number of quaternary nitrogens is 1. The smallest absolute Gasteiger partial charge is 0.306 e. The molecule has 0 heterocycles. The van der Waals surface area contributed by atoms with Crippen molar-refractivity contribution in [2.75, 3.05) is 40.9 Å². The number of carbonyl (C=O) groups excluding carboxylic acids is 2. The number of likely N-dealkylation sites (N-methyl/N-ethyl adjacent to an activating group) is 1. The molecule has 3 atom stereocenters. The largest absolute Gasteiger partial charge is 0.756 e. The molecule has 3 unspecified atom stereocenters. The molecule has 1 amide bonds. The van der Waals surface area contributed by atoms with E-state index in [1.165, 1.54) is 238 Å². The van der Waals surface area contributed by atoms with Crippen LogP contribution in [0.1, 0.15) is 335 Å². The van der Waals surface area contributed by atoms with E-state index in [-0.39, 0.29) is 31.5 Å². The predicted molar refractivity (Wildman–Crippen MR) is 344 cm³/mol. The number of phosphoric ester groups is 1. The Morgan fingerprint density at radius 3 is 1.16 bits per heavy atom. The highest BCUT2D eigenvalue weighted by molar-refractivity contribution is 7.45. The first-order valence-electron chi connectivity index (χ1n) is 34.4. The number of nitrogens with zero attached hydrogens (tertiary/aromatic N) is 1. The summed E-state index contributed by atoms with van der Waals surface area (Å²) in [4.78, 5) is 40.1. The molecule has 0 aliphatic heterocycles. The Hall–Kier alpha value is -2.03. The van der Waals surface area contributed by atoms with Crippen LogP contribution >= 0.6 is 7.82 Å². The number of amides is 1. The third-order valence-corrected chi connectivity index (χ3v) is 16.4. The van der Waals surface area contributed by atoms with E-state index in [9.17, 15) is 19.0 Å². The first-order chi connectivity index (χ1) is 38.9. The second-order valence-electron chi connectivity index (χ2n) is 24.7. The number of hydrogen-bond donors (Lipinski definition) is 1. The molecule has 0 rings (SSSR count). The van der Waals surface area contributed by atoms with Gasteiger partial charge in [-0.3, -0.25) is 14.2 Å². The molecule has 0 aromatic rings. The summed E-state index contributed by atoms with van der Waals surface area (Å²) >= 11 is 0. The van der Waals surface area contributed by atoms with Crippen molar-refractivity contribution in [3.8, 4) is 0 Å². The van der Waals surface area contributed by atoms with Crippen LogP contribution in [0.25, 0.3) is 0 Å². The van der Waals surface area contributed by atoms with Crippen molar-refractivity contribution >= 4 is 19.7 Å². The van der Waals surface area contributed by atoms with Crippen molar-refractivity contribution in [1.82, 2.24) is 5.32 Å². The minimum Gasteiger partial charge on any atom is -0.756 e. The van der Waals surface area contributed by atoms with Gasteiger partial charge in [0.1, 0.15) is 19.3 Å². The molecule has 0 aliphatic rings. The van der Waals surface area contributed by atoms with E-state index in [0.717, 1.165) is 64.2 Å². The number of rotatable bonds is 63. The number of phosphoric acid groups is 1. The molecule has 80 heavy (non-hydrogen) atoms. The number of carbonyl (C=O) groups is 2. The van der Waals surface area contributed by atoms with Crippen LogP contribution in [0.5, 0.6) is 0 Å². The Morgan fingerprint density at radius 1 is 0.438 bits per heavy atom. The molecule has 0 saturated carbocycles. The normalized spacial score (nSPS) is 13.8. The van der Waals surface area contributed by atoms with Gasteiger partial charge in [0.15, 0.2) is 0 Å². The third-order valence-electron chi connectivity index (χ3n) is 15.5. The number of unbranched alkanes of at least 4 members (excludes halogenated alkanes) is 41. The van der Waals surface area contributed by atoms with Crippen LogP contribution in [0.15, 0.2) is 48.6 Å². The van der Waals surface area contributed by atoms with E-state index >= 15 is 0 Å². The molecule has 0 aromatic heterocycles. The van der Waals surface area contributed by atoms with Gasteiger partial charge in [0, 0.05) is 12.8 Å². The van der Waals surface area contributed by atoms with Crippen molar-refractivity contribution in [1.29, 1.82) is 0 Å². The van der Waals surface area contributed by atoms with Gasteiger partial charge < -0.3 is 28.5 Å². The Morgan fingerprint density at radius 2 is 0.762 bits per heavy atom. The zero-order valence-corrected chi connectivity index (χ0v) is 54.7. The number of allylic oxidation sites excluding steroid dienone is 7. The maximum Gasteiger partial charge on any atom is 0.306 e. The van der Waals surface area contributed by atoms with Gasteiger partial charge in [-0.05, 0) is 89.5 Å². The number of hydrogen-bond acceptors (Lipinski definition) is 7. The van der Waals surface area contributed by atoms with Gasteiger partial charge in [-0.15, -0.1) is 0 Å². The van der Waals surface area contributed by atoms with Gasteiger partial charge in [0.25, 0.3) is 7.82 Å². The Bertz CT molecular complexity index is 1510. The van der Waals surface area contributed by atoms with Gasteiger partial charge >= 0.3 is 5.97 Å². The molecule has 0 radical (unpaired) electrons. The fourth-order valence-electron chi connectivity index (χ4n) is 10.1. The highest BCUT2D eigenvalue weighted by Gasteiger charge is 2.27. The van der Waals surface area contributed by atoms with Gasteiger partial charge in [-0.2, -0.15) is 0 Å². The standard InChI is InChI=1S/C70H133N2O7P/c1-7-10-13-16-19-22-25-28-30-32-34-35-36-37-39-40-42-44-47-50-53-56-59-62-69(73)71-67(66-78-80(75,76)77-65-64-72(4,5)6)68(61-58-55-52-49-46-27-24-21-18-15-12-9-3)79-70(74)63-60-57-54-51-48-45-43-41-38-33-31-29-26-23-20-17-14-11-8-2/h20,23,28-31,58,61,67-68H,7-19,21-22,24-27,32-57,59-60,62-66H2,1-6H3,(H-,71,73,75,76)/b23-20-,30-28+,31-29-,61-58-. The Balaban J connectivity index is 5.10. The molecular weight excluding hydrogens is 1010 g/mol. The summed E-state index contributed by atoms with van der Waals surface area (Å²) in [6, 6.07) is -0.889. The number of ether oxygens (including phenoxy) is 1. The van der Waals surface area contributed by atoms with E-state index in [4.69, 9.17) is 13.8 Å². The second-order valence-corrected chi connectivity index (χ2v) is 26.1. The lowest BCUT2D eigenvalue weighted by Crippen LogP contribution is -2.47. The van der Waals surface area contributed by atoms with Crippen molar-refractivity contribution in [3.63, 3.8) is 0 Å². The minimum absolute atomic E-state index is 0.0219. The van der Waals surface area contributed by atoms with Crippen molar-refractivity contribution in [2.45, 2.75) is 348 Å². The fraction of sp³-hybridized carbons (Fsp3) is 0.857. The van der Waals surface area contributed by atoms with Crippen LogP contribution in [0.3, 0.4) is 0 Å². The van der Waals surface area contributed by atoms with Gasteiger partial charge in [-0.1, -0.05) is 282 Å². The lowest BCUT2D eigenvalue weighted by molar-refractivity contribution is -0.870. The second kappa shape index (κ2) is 60.1. The lowest BCUT2D eigenvalue weighted by Gasteiger charge is -2.30. The summed E-state index contributed by atoms with van der Waals surface area (Å²) in [5.41, 5.74) is 0. The average molecular weight is 1150 g/mol. The highest BCUT2D eigenvalue weighted by atomic mass is 31.2. The average Bonchev–Trinajstić information content (AvgIpc) is 3.43. The molecule has 470 valence electrons. The third kappa shape index (κ3) is 60.6. The van der Waals surface area contributed by atoms with Crippen molar-refractivity contribution in [3.05, 3.63) is 48.6 Å². The quantitative estimate of drug-likeness (QED) is 0.0212. The van der Waals surface area contributed by atoms with Crippen LogP contribution in [-0.2, 0) is 27.9 Å². The van der Waals surface area contributed by atoms with Crippen LogP contribution in [0.4, 0.5) is 0 Å². The van der Waals surface area contributed by atoms with Gasteiger partial charge in [0.05, 0.1) is 33.8 Å². The Kier molecular flexibility index (Phi) is 58.6. The van der Waals surface area contributed by atoms with E-state index in [1.807, 2.05) is 33.3 Å². The summed E-state index contributed by atoms with van der Waals surface area (Å²) in [5.74, 6) is -0.533. The monoisotopic (exact) mass is 1140 g/mol. The number of esters is 1. The molecule has 9 nitrogen and oxygen atoms in total. The summed E-state index contributed by atoms with van der Waals surface area (Å²) in [6.07, 6.45) is 75.1. The lowest BCUT2D eigenvalue weighted by atomic mass is 10.0. The van der Waals surface area contributed by atoms with E-state index in [0.29, 0.717) is 17.4 Å². The maximum absolute atomic E-state index is 13.6. The van der Waals surface area contributed by atoms with Crippen molar-refractivity contribution in [2.24, 2.45) is 0 Å². The van der Waals surface area contributed by atoms with E-state index < -0.39 is 20.0 Å². The first-order valence-corrected chi connectivity index (χ1v) is 35.9. The molecule has 0 aromatic carbocycles. The van der Waals surface area contributed by atoms with Crippen LogP contribution in [-0.4, -0.2) is 69.4 Å². The molecule has 0 aliphatic carbocycles. The summed E-state index contributed by atoms with van der Waals surface area (Å²) < 4.78 is 30.4. The summed E-state index contributed by atoms with van der Waals surface area (Å²) in [7, 11) is 1.19. The zero-order chi connectivity index (χ0) is 58.6. The topological polar surface area (TPSA) is 114 Å². The highest BCUT2D eigenvalue weighted by Crippen LogP contribution is 2.38. The summed E-state index contributed by atoms with van der Waals surface area (Å²) in [6.45, 7) is 6.85. The molecule has 0 spiro atoms. The SMILES string of the molecule is CCCCC/C=C\C/C=C\CCCCCCCCCCCC(=O)OC(/C=C\CCCCCCCCCCCC)C(COP(=O)([O-])OCC[N+](C)(C)C)NC(=O)CCCCCCCCCCCCCCC/C=C/CCCCCCCC. The zero-order valence-electron chi connectivity index (χ0n) is 53.8. The maximum atomic E-state index is 13.6. The van der Waals surface area contributed by atoms with Crippen LogP contribution in [0.2, 0.25) is 0 Å². The first kappa shape index (κ1) is 78.0. The molecule has 0 bridgehead atoms. The van der Waals surface area contributed by atoms with E-state index in [2.05, 4.69) is 62.5 Å². The summed E-state index contributed by atoms with van der Waals surface area (Å²) in [5, 5.41) is 3.04. The Labute approximate surface area is 497 Å². The predicted octanol–water partition coefficient (Wildman–Crippen LogP) is 21.0.